The van der Waals surface area contributed by atoms with E-state index in [1.807, 2.05) is 0 Å². The van der Waals surface area contributed by atoms with Gasteiger partial charge in [-0.2, -0.15) is 0 Å². The van der Waals surface area contributed by atoms with Crippen molar-refractivity contribution >= 4 is 26.7 Å². The van der Waals surface area contributed by atoms with Crippen molar-refractivity contribution in [3.05, 3.63) is 28.0 Å². The summed E-state index contributed by atoms with van der Waals surface area (Å²) >= 11 is 3.37. The lowest BCUT2D eigenvalue weighted by atomic mass is 9.90. The van der Waals surface area contributed by atoms with Gasteiger partial charge in [0.2, 0.25) is 0 Å². The normalized spacial score (nSPS) is 19.2. The monoisotopic (exact) mass is 319 g/mol. The smallest absolute Gasteiger partial charge is 0.127 e. The molecule has 1 aliphatic rings. The van der Waals surface area contributed by atoms with Crippen LogP contribution in [0.25, 0.3) is 0 Å². The van der Waals surface area contributed by atoms with Crippen LogP contribution in [0.5, 0.6) is 0 Å². The van der Waals surface area contributed by atoms with Crippen molar-refractivity contribution < 1.29 is 8.60 Å². The number of nitrogens with one attached hydrogen (secondary N) is 1. The summed E-state index contributed by atoms with van der Waals surface area (Å²) in [5.74, 6) is 0.0391. The van der Waals surface area contributed by atoms with Crippen LogP contribution in [-0.4, -0.2) is 23.6 Å². The van der Waals surface area contributed by atoms with Crippen LogP contribution >= 0.6 is 15.9 Å². The van der Waals surface area contributed by atoms with Crippen molar-refractivity contribution in [1.29, 1.82) is 0 Å². The van der Waals surface area contributed by atoms with Gasteiger partial charge in [0.1, 0.15) is 5.82 Å². The molecule has 2 nitrogen and oxygen atoms in total. The van der Waals surface area contributed by atoms with Crippen molar-refractivity contribution in [2.24, 2.45) is 0 Å². The molecule has 1 aromatic rings. The molecule has 17 heavy (non-hydrogen) atoms. The lowest BCUT2D eigenvalue weighted by Crippen LogP contribution is -2.27. The fourth-order valence-corrected chi connectivity index (χ4v) is 3.86. The van der Waals surface area contributed by atoms with Crippen LogP contribution in [0.3, 0.4) is 0 Å². The first-order valence-electron chi connectivity index (χ1n) is 5.62. The standard InChI is InChI=1S/C12H15BrFNOS/c1-17(16)12-7-11(14)9(6-10(12)13)8-2-4-15-5-3-8/h6-8,15H,2-5H2,1H3/t17-/m1/s1. The fraction of sp³-hybridized carbons (Fsp3) is 0.500. The molecule has 0 saturated carbocycles. The average molecular weight is 320 g/mol. The number of hydrogen-bond donors (Lipinski definition) is 1. The van der Waals surface area contributed by atoms with Gasteiger partial charge in [0.15, 0.2) is 0 Å². The van der Waals surface area contributed by atoms with E-state index in [0.29, 0.717) is 4.90 Å². The van der Waals surface area contributed by atoms with Gasteiger partial charge in [-0.25, -0.2) is 4.39 Å². The summed E-state index contributed by atoms with van der Waals surface area (Å²) in [6.45, 7) is 1.87. The Morgan fingerprint density at radius 1 is 1.41 bits per heavy atom. The van der Waals surface area contributed by atoms with Gasteiger partial charge < -0.3 is 5.32 Å². The summed E-state index contributed by atoms with van der Waals surface area (Å²) in [4.78, 5) is 0.528. The van der Waals surface area contributed by atoms with Crippen molar-refractivity contribution in [3.63, 3.8) is 0 Å². The predicted octanol–water partition coefficient (Wildman–Crippen LogP) is 2.79. The maximum absolute atomic E-state index is 14.0. The Morgan fingerprint density at radius 3 is 2.65 bits per heavy atom. The first-order chi connectivity index (χ1) is 8.09. The minimum Gasteiger partial charge on any atom is -0.317 e. The van der Waals surface area contributed by atoms with Crippen LogP contribution < -0.4 is 5.32 Å². The number of piperidine rings is 1. The summed E-state index contributed by atoms with van der Waals surface area (Å²) in [6.07, 6.45) is 3.47. The Kier molecular flexibility index (Phi) is 4.33. The number of benzene rings is 1. The third kappa shape index (κ3) is 2.95. The van der Waals surface area contributed by atoms with Crippen molar-refractivity contribution in [3.8, 4) is 0 Å². The van der Waals surface area contributed by atoms with Gasteiger partial charge in [-0.05, 0) is 65.5 Å². The highest BCUT2D eigenvalue weighted by Crippen LogP contribution is 2.32. The molecule has 1 N–H and O–H groups in total. The van der Waals surface area contributed by atoms with Gasteiger partial charge in [0.05, 0.1) is 15.7 Å². The summed E-state index contributed by atoms with van der Waals surface area (Å²) < 4.78 is 26.2. The van der Waals surface area contributed by atoms with E-state index < -0.39 is 10.8 Å². The summed E-state index contributed by atoms with van der Waals surface area (Å²) in [5.41, 5.74) is 0.743. The molecule has 1 aliphatic heterocycles. The topological polar surface area (TPSA) is 29.1 Å². The van der Waals surface area contributed by atoms with Crippen LogP contribution in [0.15, 0.2) is 21.5 Å². The van der Waals surface area contributed by atoms with Crippen LogP contribution in [0.2, 0.25) is 0 Å². The van der Waals surface area contributed by atoms with Crippen LogP contribution in [-0.2, 0) is 10.8 Å². The van der Waals surface area contributed by atoms with E-state index in [1.54, 1.807) is 12.3 Å². The minimum atomic E-state index is -1.16. The predicted molar refractivity (Wildman–Crippen MR) is 71.3 cm³/mol. The van der Waals surface area contributed by atoms with Crippen molar-refractivity contribution in [2.45, 2.75) is 23.7 Å². The zero-order chi connectivity index (χ0) is 12.4. The average Bonchev–Trinajstić information content (AvgIpc) is 2.32. The van der Waals surface area contributed by atoms with E-state index in [2.05, 4.69) is 21.2 Å². The van der Waals surface area contributed by atoms with E-state index in [0.717, 1.165) is 36.0 Å². The molecule has 1 atom stereocenters. The Hall–Kier alpha value is -0.260. The van der Waals surface area contributed by atoms with Crippen LogP contribution in [0.1, 0.15) is 24.3 Å². The Labute approximate surface area is 112 Å². The highest BCUT2D eigenvalue weighted by molar-refractivity contribution is 9.10. The first-order valence-corrected chi connectivity index (χ1v) is 7.98. The van der Waals surface area contributed by atoms with Gasteiger partial charge in [0, 0.05) is 10.7 Å². The third-order valence-corrected chi connectivity index (χ3v) is 5.02. The highest BCUT2D eigenvalue weighted by atomic mass is 79.9. The van der Waals surface area contributed by atoms with E-state index in [9.17, 15) is 8.60 Å². The zero-order valence-electron chi connectivity index (χ0n) is 9.63. The van der Waals surface area contributed by atoms with Crippen LogP contribution in [0, 0.1) is 5.82 Å². The molecule has 1 aromatic carbocycles. The quantitative estimate of drug-likeness (QED) is 0.908. The molecule has 0 aliphatic carbocycles. The van der Waals surface area contributed by atoms with Crippen molar-refractivity contribution in [1.82, 2.24) is 5.32 Å². The van der Waals surface area contributed by atoms with Gasteiger partial charge in [-0.3, -0.25) is 4.21 Å². The Morgan fingerprint density at radius 2 is 2.06 bits per heavy atom. The van der Waals surface area contributed by atoms with Crippen LogP contribution in [0.4, 0.5) is 4.39 Å². The second-order valence-corrected chi connectivity index (χ2v) is 6.48. The maximum atomic E-state index is 14.0. The van der Waals surface area contributed by atoms with Gasteiger partial charge in [0.25, 0.3) is 0 Å². The molecular weight excluding hydrogens is 305 g/mol. The number of halogens is 2. The molecule has 1 fully saturated rings. The molecule has 0 radical (unpaired) electrons. The largest absolute Gasteiger partial charge is 0.317 e. The van der Waals surface area contributed by atoms with E-state index >= 15 is 0 Å². The lowest BCUT2D eigenvalue weighted by Gasteiger charge is -2.23. The summed E-state index contributed by atoms with van der Waals surface area (Å²) in [7, 11) is -1.16. The third-order valence-electron chi connectivity index (χ3n) is 3.14. The van der Waals surface area contributed by atoms with Gasteiger partial charge >= 0.3 is 0 Å². The summed E-state index contributed by atoms with van der Waals surface area (Å²) in [5, 5.41) is 3.27. The van der Waals surface area contributed by atoms with Gasteiger partial charge in [-0.15, -0.1) is 0 Å². The SMILES string of the molecule is C[S@@](=O)c1cc(F)c(C2CCNCC2)cc1Br. The zero-order valence-corrected chi connectivity index (χ0v) is 12.0. The molecule has 5 heteroatoms. The molecule has 0 spiro atoms. The molecule has 94 valence electrons. The Bertz CT molecular complexity index is 446. The molecule has 2 rings (SSSR count). The molecule has 1 heterocycles. The van der Waals surface area contributed by atoms with Gasteiger partial charge in [-0.1, -0.05) is 0 Å². The van der Waals surface area contributed by atoms with E-state index in [-0.39, 0.29) is 11.7 Å². The molecule has 0 unspecified atom stereocenters. The second kappa shape index (κ2) is 5.59. The Balaban J connectivity index is 2.35. The molecular formula is C12H15BrFNOS. The molecule has 1 saturated heterocycles. The summed E-state index contributed by atoms with van der Waals surface area (Å²) in [6, 6.07) is 3.19. The highest BCUT2D eigenvalue weighted by Gasteiger charge is 2.20. The van der Waals surface area contributed by atoms with E-state index in [1.165, 1.54) is 6.07 Å². The molecule has 0 bridgehead atoms. The minimum absolute atomic E-state index is 0.231. The maximum Gasteiger partial charge on any atom is 0.127 e. The second-order valence-electron chi connectivity index (χ2n) is 4.28. The van der Waals surface area contributed by atoms with E-state index in [4.69, 9.17) is 0 Å². The van der Waals surface area contributed by atoms with Crippen molar-refractivity contribution in [2.75, 3.05) is 19.3 Å². The number of hydrogen-bond acceptors (Lipinski definition) is 2. The lowest BCUT2D eigenvalue weighted by molar-refractivity contribution is 0.444. The first kappa shape index (κ1) is 13.2. The fourth-order valence-electron chi connectivity index (χ4n) is 2.21. The molecule has 0 amide bonds. The molecule has 0 aromatic heterocycles. The number of rotatable bonds is 2.